The number of ether oxygens (including phenoxy) is 1. The third-order valence-electron chi connectivity index (χ3n) is 2.72. The smallest absolute Gasteiger partial charge is 0.285 e. The van der Waals surface area contributed by atoms with Gasteiger partial charge in [0.25, 0.3) is 5.95 Å². The fourth-order valence-corrected chi connectivity index (χ4v) is 2.01. The summed E-state index contributed by atoms with van der Waals surface area (Å²) in [5.74, 6) is 1.44. The second-order valence-corrected chi connectivity index (χ2v) is 5.60. The fraction of sp³-hybridized carbons (Fsp3) is 0.375. The Labute approximate surface area is 109 Å². The first kappa shape index (κ1) is 12.7. The van der Waals surface area contributed by atoms with Gasteiger partial charge in [0.2, 0.25) is 0 Å². The maximum atomic E-state index is 5.79. The zero-order chi connectivity index (χ0) is 13.3. The van der Waals surface area contributed by atoms with E-state index >= 15 is 0 Å². The predicted molar refractivity (Wildman–Crippen MR) is 74.0 cm³/mol. The Bertz CT molecular complexity index is 524. The molecule has 0 fully saturated rings. The number of rotatable bonds is 2. The molecule has 2 aromatic rings. The highest BCUT2D eigenvalue weighted by Gasteiger charge is 2.16. The molecule has 0 saturated heterocycles. The zero-order valence-corrected chi connectivity index (χ0v) is 11.7. The van der Waals surface area contributed by atoms with Crippen LogP contribution in [0.2, 0.25) is 0 Å². The third-order valence-corrected chi connectivity index (χ3v) is 2.72. The molecule has 0 N–H and O–H groups in total. The van der Waals surface area contributed by atoms with Gasteiger partial charge >= 0.3 is 0 Å². The Morgan fingerprint density at radius 3 is 2.11 bits per heavy atom. The van der Waals surface area contributed by atoms with Crippen molar-refractivity contribution in [3.63, 3.8) is 0 Å². The van der Waals surface area contributed by atoms with Crippen molar-refractivity contribution in [3.05, 3.63) is 41.5 Å². The Balaban J connectivity index is 2.36. The maximum Gasteiger partial charge on any atom is 0.285 e. The van der Waals surface area contributed by atoms with Gasteiger partial charge in [-0.05, 0) is 51.8 Å². The van der Waals surface area contributed by atoms with E-state index in [0.717, 1.165) is 11.3 Å². The van der Waals surface area contributed by atoms with Crippen LogP contribution in [-0.2, 0) is 0 Å². The van der Waals surface area contributed by atoms with Crippen molar-refractivity contribution in [1.82, 2.24) is 0 Å². The molecule has 0 aliphatic heterocycles. The largest absolute Gasteiger partial charge is 0.459 e. The van der Waals surface area contributed by atoms with E-state index in [1.807, 2.05) is 32.9 Å². The summed E-state index contributed by atoms with van der Waals surface area (Å²) in [4.78, 5) is 0. The third kappa shape index (κ3) is 2.76. The van der Waals surface area contributed by atoms with Crippen molar-refractivity contribution in [2.24, 2.45) is 0 Å². The average Bonchev–Trinajstić information content (AvgIpc) is 2.63. The molecule has 2 rings (SSSR count). The van der Waals surface area contributed by atoms with E-state index < -0.39 is 0 Å². The molecule has 0 saturated carbocycles. The van der Waals surface area contributed by atoms with Gasteiger partial charge in [0.1, 0.15) is 11.4 Å². The maximum absolute atomic E-state index is 5.79. The number of aryl methyl sites for hydroxylation is 2. The molecule has 0 spiro atoms. The van der Waals surface area contributed by atoms with Crippen LogP contribution in [0.5, 0.6) is 5.95 Å². The summed E-state index contributed by atoms with van der Waals surface area (Å²) in [7, 11) is 0. The molecule has 1 heterocycles. The Kier molecular flexibility index (Phi) is 3.20. The molecule has 96 valence electrons. The molecule has 0 atom stereocenters. The lowest BCUT2D eigenvalue weighted by molar-refractivity contribution is 0.0962. The monoisotopic (exact) mass is 244 g/mol. The standard InChI is InChI=1S/C16H20O2/c1-11-7-6-8-12(2)15(11)13-9-10-14(17-13)18-16(3,4)5/h6-10H,1-5H3. The highest BCUT2D eigenvalue weighted by Crippen LogP contribution is 2.32. The van der Waals surface area contributed by atoms with Crippen molar-refractivity contribution in [1.29, 1.82) is 0 Å². The van der Waals surface area contributed by atoms with E-state index in [1.54, 1.807) is 0 Å². The summed E-state index contributed by atoms with van der Waals surface area (Å²) in [6.45, 7) is 10.2. The van der Waals surface area contributed by atoms with Crippen LogP contribution in [-0.4, -0.2) is 5.60 Å². The van der Waals surface area contributed by atoms with E-state index in [0.29, 0.717) is 5.95 Å². The van der Waals surface area contributed by atoms with Gasteiger partial charge < -0.3 is 9.15 Å². The van der Waals surface area contributed by atoms with Crippen LogP contribution < -0.4 is 4.74 Å². The quantitative estimate of drug-likeness (QED) is 0.761. The van der Waals surface area contributed by atoms with Crippen LogP contribution in [0.4, 0.5) is 0 Å². The molecular weight excluding hydrogens is 224 g/mol. The van der Waals surface area contributed by atoms with E-state index in [-0.39, 0.29) is 5.60 Å². The normalized spacial score (nSPS) is 11.6. The Morgan fingerprint density at radius 2 is 1.56 bits per heavy atom. The molecule has 0 unspecified atom stereocenters. The van der Waals surface area contributed by atoms with Gasteiger partial charge in [0.05, 0.1) is 0 Å². The molecule has 2 heteroatoms. The van der Waals surface area contributed by atoms with Crippen molar-refractivity contribution < 1.29 is 9.15 Å². The number of benzene rings is 1. The van der Waals surface area contributed by atoms with Gasteiger partial charge in [-0.2, -0.15) is 0 Å². The van der Waals surface area contributed by atoms with Gasteiger partial charge in [-0.1, -0.05) is 18.2 Å². The first-order valence-electron chi connectivity index (χ1n) is 6.22. The topological polar surface area (TPSA) is 22.4 Å². The van der Waals surface area contributed by atoms with E-state index in [1.165, 1.54) is 11.1 Å². The lowest BCUT2D eigenvalue weighted by Crippen LogP contribution is -2.22. The molecular formula is C16H20O2. The van der Waals surface area contributed by atoms with Gasteiger partial charge in [0, 0.05) is 11.6 Å². The minimum Gasteiger partial charge on any atom is -0.459 e. The molecule has 18 heavy (non-hydrogen) atoms. The van der Waals surface area contributed by atoms with Crippen LogP contribution in [0.15, 0.2) is 34.7 Å². The van der Waals surface area contributed by atoms with Gasteiger partial charge in [-0.15, -0.1) is 0 Å². The van der Waals surface area contributed by atoms with E-state index in [9.17, 15) is 0 Å². The minimum atomic E-state index is -0.240. The first-order valence-corrected chi connectivity index (χ1v) is 6.22. The molecule has 0 amide bonds. The van der Waals surface area contributed by atoms with Gasteiger partial charge in [-0.25, -0.2) is 0 Å². The molecule has 2 nitrogen and oxygen atoms in total. The van der Waals surface area contributed by atoms with Crippen molar-refractivity contribution >= 4 is 0 Å². The molecule has 0 aliphatic rings. The van der Waals surface area contributed by atoms with Gasteiger partial charge in [-0.3, -0.25) is 0 Å². The fourth-order valence-electron chi connectivity index (χ4n) is 2.01. The molecule has 0 radical (unpaired) electrons. The van der Waals surface area contributed by atoms with Crippen LogP contribution >= 0.6 is 0 Å². The first-order chi connectivity index (χ1) is 8.37. The number of hydrogen-bond acceptors (Lipinski definition) is 2. The van der Waals surface area contributed by atoms with E-state index in [2.05, 4.69) is 32.0 Å². The predicted octanol–water partition coefficient (Wildman–Crippen LogP) is 4.74. The molecule has 0 bridgehead atoms. The number of hydrogen-bond donors (Lipinski definition) is 0. The Morgan fingerprint density at radius 1 is 0.944 bits per heavy atom. The zero-order valence-electron chi connectivity index (χ0n) is 11.7. The summed E-state index contributed by atoms with van der Waals surface area (Å²) in [5, 5.41) is 0. The van der Waals surface area contributed by atoms with Gasteiger partial charge in [0.15, 0.2) is 0 Å². The highest BCUT2D eigenvalue weighted by atomic mass is 16.6. The minimum absolute atomic E-state index is 0.240. The molecule has 1 aromatic heterocycles. The van der Waals surface area contributed by atoms with Crippen LogP contribution in [0, 0.1) is 13.8 Å². The number of furan rings is 1. The van der Waals surface area contributed by atoms with E-state index in [4.69, 9.17) is 9.15 Å². The second-order valence-electron chi connectivity index (χ2n) is 5.60. The summed E-state index contributed by atoms with van der Waals surface area (Å²) >= 11 is 0. The summed E-state index contributed by atoms with van der Waals surface area (Å²) < 4.78 is 11.5. The van der Waals surface area contributed by atoms with Crippen LogP contribution in [0.25, 0.3) is 11.3 Å². The lowest BCUT2D eigenvalue weighted by Gasteiger charge is -2.18. The summed E-state index contributed by atoms with van der Waals surface area (Å²) in [6, 6.07) is 10.1. The summed E-state index contributed by atoms with van der Waals surface area (Å²) in [5.41, 5.74) is 3.34. The van der Waals surface area contributed by atoms with Crippen molar-refractivity contribution in [2.45, 2.75) is 40.2 Å². The average molecular weight is 244 g/mol. The SMILES string of the molecule is Cc1cccc(C)c1-c1ccc(OC(C)(C)C)o1. The molecule has 0 aliphatic carbocycles. The lowest BCUT2D eigenvalue weighted by atomic mass is 10.0. The highest BCUT2D eigenvalue weighted by molar-refractivity contribution is 5.66. The second kappa shape index (κ2) is 4.52. The Hall–Kier alpha value is -1.70. The molecule has 1 aromatic carbocycles. The van der Waals surface area contributed by atoms with Crippen LogP contribution in [0.1, 0.15) is 31.9 Å². The van der Waals surface area contributed by atoms with Crippen molar-refractivity contribution in [3.8, 4) is 17.3 Å². The van der Waals surface area contributed by atoms with Crippen molar-refractivity contribution in [2.75, 3.05) is 0 Å². The van der Waals surface area contributed by atoms with Crippen LogP contribution in [0.3, 0.4) is 0 Å². The summed E-state index contributed by atoms with van der Waals surface area (Å²) in [6.07, 6.45) is 0.